The summed E-state index contributed by atoms with van der Waals surface area (Å²) in [4.78, 5) is 2.04. The Kier molecular flexibility index (Phi) is 4.71. The predicted octanol–water partition coefficient (Wildman–Crippen LogP) is 4.80. The normalized spacial score (nSPS) is 12.7. The van der Waals surface area contributed by atoms with Crippen LogP contribution in [0.15, 0.2) is 28.7 Å². The molecule has 0 aliphatic rings. The molecule has 0 bridgehead atoms. The minimum absolute atomic E-state index is 0.0758. The zero-order valence-electron chi connectivity index (χ0n) is 10.6. The van der Waals surface area contributed by atoms with E-state index in [0.29, 0.717) is 11.0 Å². The first-order valence-corrected chi connectivity index (χ1v) is 7.58. The molecule has 2 aromatic rings. The van der Waals surface area contributed by atoms with Crippen molar-refractivity contribution in [3.8, 4) is 0 Å². The highest BCUT2D eigenvalue weighted by atomic mass is 79.9. The maximum absolute atomic E-state index is 14.1. The maximum atomic E-state index is 14.1. The summed E-state index contributed by atoms with van der Waals surface area (Å²) in [5, 5.41) is 3.14. The first-order valence-electron chi connectivity index (χ1n) is 5.97. The Balaban J connectivity index is 2.51. The molecule has 1 nitrogen and oxygen atoms in total. The number of hydrogen-bond donors (Lipinski definition) is 1. The SMILES string of the molecule is CCNC(c1ccc(C)s1)c1c(F)cc(Br)cc1F. The summed E-state index contributed by atoms with van der Waals surface area (Å²) in [5.41, 5.74) is 0.0758. The molecule has 1 aromatic heterocycles. The topological polar surface area (TPSA) is 12.0 Å². The van der Waals surface area contributed by atoms with E-state index in [0.717, 1.165) is 9.75 Å². The van der Waals surface area contributed by atoms with E-state index in [4.69, 9.17) is 0 Å². The average Bonchev–Trinajstić information content (AvgIpc) is 2.73. The van der Waals surface area contributed by atoms with Crippen molar-refractivity contribution in [2.45, 2.75) is 19.9 Å². The van der Waals surface area contributed by atoms with Gasteiger partial charge in [0.05, 0.1) is 6.04 Å². The van der Waals surface area contributed by atoms with Crippen molar-refractivity contribution in [3.63, 3.8) is 0 Å². The molecule has 1 N–H and O–H groups in total. The maximum Gasteiger partial charge on any atom is 0.132 e. The highest BCUT2D eigenvalue weighted by Crippen LogP contribution is 2.32. The van der Waals surface area contributed by atoms with Gasteiger partial charge in [0.2, 0.25) is 0 Å². The van der Waals surface area contributed by atoms with Crippen molar-refractivity contribution < 1.29 is 8.78 Å². The monoisotopic (exact) mass is 345 g/mol. The van der Waals surface area contributed by atoms with Gasteiger partial charge in [0.15, 0.2) is 0 Å². The van der Waals surface area contributed by atoms with Crippen LogP contribution in [0.3, 0.4) is 0 Å². The van der Waals surface area contributed by atoms with E-state index in [2.05, 4.69) is 21.2 Å². The van der Waals surface area contributed by atoms with Gasteiger partial charge in [-0.15, -0.1) is 11.3 Å². The van der Waals surface area contributed by atoms with Gasteiger partial charge in [-0.2, -0.15) is 0 Å². The second-order valence-electron chi connectivity index (χ2n) is 4.22. The molecule has 19 heavy (non-hydrogen) atoms. The molecular weight excluding hydrogens is 332 g/mol. The highest BCUT2D eigenvalue weighted by Gasteiger charge is 2.23. The van der Waals surface area contributed by atoms with Crippen molar-refractivity contribution in [1.29, 1.82) is 0 Å². The molecule has 102 valence electrons. The van der Waals surface area contributed by atoms with Gasteiger partial charge in [0, 0.05) is 19.8 Å². The summed E-state index contributed by atoms with van der Waals surface area (Å²) in [5.74, 6) is -1.08. The van der Waals surface area contributed by atoms with Crippen LogP contribution in [0.1, 0.15) is 28.3 Å². The van der Waals surface area contributed by atoms with Crippen LogP contribution in [0, 0.1) is 18.6 Å². The Labute approximate surface area is 123 Å². The average molecular weight is 346 g/mol. The number of benzene rings is 1. The number of thiophene rings is 1. The smallest absolute Gasteiger partial charge is 0.132 e. The minimum atomic E-state index is -0.538. The Morgan fingerprint density at radius 1 is 1.26 bits per heavy atom. The van der Waals surface area contributed by atoms with E-state index in [1.165, 1.54) is 12.1 Å². The minimum Gasteiger partial charge on any atom is -0.306 e. The first kappa shape index (κ1) is 14.6. The lowest BCUT2D eigenvalue weighted by Crippen LogP contribution is -2.23. The third-order valence-electron chi connectivity index (χ3n) is 2.79. The third-order valence-corrected chi connectivity index (χ3v) is 4.31. The molecule has 1 aromatic carbocycles. The fourth-order valence-electron chi connectivity index (χ4n) is 1.99. The van der Waals surface area contributed by atoms with E-state index in [1.807, 2.05) is 26.0 Å². The van der Waals surface area contributed by atoms with Crippen LogP contribution < -0.4 is 5.32 Å². The van der Waals surface area contributed by atoms with Crippen LogP contribution in [0.25, 0.3) is 0 Å². The van der Waals surface area contributed by atoms with E-state index < -0.39 is 17.7 Å². The van der Waals surface area contributed by atoms with Crippen LogP contribution in [-0.2, 0) is 0 Å². The summed E-state index contributed by atoms with van der Waals surface area (Å²) < 4.78 is 28.5. The summed E-state index contributed by atoms with van der Waals surface area (Å²) in [6.45, 7) is 4.53. The second kappa shape index (κ2) is 6.11. The van der Waals surface area contributed by atoms with Gasteiger partial charge in [-0.3, -0.25) is 0 Å². The molecule has 0 spiro atoms. The molecule has 1 unspecified atom stereocenters. The van der Waals surface area contributed by atoms with Gasteiger partial charge in [0.1, 0.15) is 11.6 Å². The van der Waals surface area contributed by atoms with Crippen molar-refractivity contribution in [2.24, 2.45) is 0 Å². The summed E-state index contributed by atoms with van der Waals surface area (Å²) >= 11 is 4.64. The largest absolute Gasteiger partial charge is 0.306 e. The molecule has 1 heterocycles. The quantitative estimate of drug-likeness (QED) is 0.839. The molecule has 5 heteroatoms. The molecule has 1 atom stereocenters. The summed E-state index contributed by atoms with van der Waals surface area (Å²) in [6, 6.07) is 6.01. The molecule has 0 saturated carbocycles. The van der Waals surface area contributed by atoms with Crippen LogP contribution in [-0.4, -0.2) is 6.54 Å². The Hall–Kier alpha value is -0.780. The number of halogens is 3. The lowest BCUT2D eigenvalue weighted by molar-refractivity contribution is 0.512. The standard InChI is InChI=1S/C14H14BrF2NS/c1-3-18-14(12-5-4-8(2)19-12)13-10(16)6-9(15)7-11(13)17/h4-7,14,18H,3H2,1-2H3. The van der Waals surface area contributed by atoms with Gasteiger partial charge in [-0.25, -0.2) is 8.78 Å². The van der Waals surface area contributed by atoms with E-state index in [9.17, 15) is 8.78 Å². The molecule has 0 saturated heterocycles. The molecule has 0 radical (unpaired) electrons. The lowest BCUT2D eigenvalue weighted by atomic mass is 10.0. The predicted molar refractivity (Wildman–Crippen MR) is 78.6 cm³/mol. The summed E-state index contributed by atoms with van der Waals surface area (Å²) in [6.07, 6.45) is 0. The van der Waals surface area contributed by atoms with Gasteiger partial charge < -0.3 is 5.32 Å². The third kappa shape index (κ3) is 3.22. The van der Waals surface area contributed by atoms with Crippen molar-refractivity contribution in [3.05, 3.63) is 55.7 Å². The number of rotatable bonds is 4. The molecule has 0 fully saturated rings. The number of hydrogen-bond acceptors (Lipinski definition) is 2. The molecular formula is C14H14BrF2NS. The van der Waals surface area contributed by atoms with Gasteiger partial charge in [0.25, 0.3) is 0 Å². The van der Waals surface area contributed by atoms with Crippen molar-refractivity contribution in [2.75, 3.05) is 6.54 Å². The zero-order valence-corrected chi connectivity index (χ0v) is 13.0. The number of aryl methyl sites for hydroxylation is 1. The lowest BCUT2D eigenvalue weighted by Gasteiger charge is -2.18. The Morgan fingerprint density at radius 2 is 1.89 bits per heavy atom. The fraction of sp³-hybridized carbons (Fsp3) is 0.286. The van der Waals surface area contributed by atoms with E-state index in [1.54, 1.807) is 11.3 Å². The van der Waals surface area contributed by atoms with E-state index >= 15 is 0 Å². The fourth-order valence-corrected chi connectivity index (χ4v) is 3.35. The van der Waals surface area contributed by atoms with E-state index in [-0.39, 0.29) is 5.56 Å². The van der Waals surface area contributed by atoms with Gasteiger partial charge in [-0.05, 0) is 37.7 Å². The van der Waals surface area contributed by atoms with Crippen molar-refractivity contribution >= 4 is 27.3 Å². The molecule has 2 rings (SSSR count). The Bertz CT molecular complexity index is 560. The van der Waals surface area contributed by atoms with Crippen LogP contribution in [0.2, 0.25) is 0 Å². The summed E-state index contributed by atoms with van der Waals surface area (Å²) in [7, 11) is 0. The first-order chi connectivity index (χ1) is 9.02. The zero-order chi connectivity index (χ0) is 14.0. The van der Waals surface area contributed by atoms with Gasteiger partial charge in [-0.1, -0.05) is 22.9 Å². The Morgan fingerprint density at radius 3 is 2.37 bits per heavy atom. The number of nitrogens with one attached hydrogen (secondary N) is 1. The second-order valence-corrected chi connectivity index (χ2v) is 6.46. The van der Waals surface area contributed by atoms with Gasteiger partial charge >= 0.3 is 0 Å². The molecule has 0 amide bonds. The molecule has 0 aliphatic heterocycles. The van der Waals surface area contributed by atoms with Crippen LogP contribution in [0.5, 0.6) is 0 Å². The highest BCUT2D eigenvalue weighted by molar-refractivity contribution is 9.10. The van der Waals surface area contributed by atoms with Crippen molar-refractivity contribution in [1.82, 2.24) is 5.32 Å². The van der Waals surface area contributed by atoms with Crippen LogP contribution >= 0.6 is 27.3 Å². The van der Waals surface area contributed by atoms with Crippen LogP contribution in [0.4, 0.5) is 8.78 Å². The molecule has 0 aliphatic carbocycles.